The second kappa shape index (κ2) is 9.93. The first-order chi connectivity index (χ1) is 13.5. The zero-order chi connectivity index (χ0) is 21.7. The Labute approximate surface area is 168 Å². The number of aliphatic carboxylic acids is 1. The van der Waals surface area contributed by atoms with E-state index in [1.54, 1.807) is 0 Å². The molecule has 0 aliphatic carbocycles. The molecule has 0 saturated carbocycles. The van der Waals surface area contributed by atoms with Crippen molar-refractivity contribution in [1.82, 2.24) is 4.90 Å². The molecular formula is C19H28BF3N2O4. The van der Waals surface area contributed by atoms with E-state index in [9.17, 15) is 23.1 Å². The van der Waals surface area contributed by atoms with Crippen LogP contribution in [0.2, 0.25) is 6.32 Å². The van der Waals surface area contributed by atoms with Gasteiger partial charge < -0.3 is 20.9 Å². The van der Waals surface area contributed by atoms with Crippen LogP contribution in [-0.2, 0) is 17.5 Å². The number of nitrogens with two attached hydrogens (primary N) is 1. The monoisotopic (exact) mass is 416 g/mol. The summed E-state index contributed by atoms with van der Waals surface area (Å²) >= 11 is 0. The molecule has 0 radical (unpaired) electrons. The predicted octanol–water partition coefficient (Wildman–Crippen LogP) is 2.34. The largest absolute Gasteiger partial charge is 0.480 e. The van der Waals surface area contributed by atoms with E-state index in [2.05, 4.69) is 4.90 Å². The second-order valence-electron chi connectivity index (χ2n) is 7.82. The van der Waals surface area contributed by atoms with Gasteiger partial charge in [0.2, 0.25) is 0 Å². The van der Waals surface area contributed by atoms with E-state index in [1.807, 2.05) is 0 Å². The highest BCUT2D eigenvalue weighted by molar-refractivity contribution is 6.40. The van der Waals surface area contributed by atoms with Gasteiger partial charge in [-0.3, -0.25) is 9.69 Å². The Morgan fingerprint density at radius 2 is 1.72 bits per heavy atom. The van der Waals surface area contributed by atoms with Gasteiger partial charge in [0.25, 0.3) is 0 Å². The van der Waals surface area contributed by atoms with Crippen LogP contribution in [0, 0.1) is 5.92 Å². The normalized spacial score (nSPS) is 18.4. The third kappa shape index (κ3) is 6.70. The highest BCUT2D eigenvalue weighted by Gasteiger charge is 2.43. The molecule has 0 bridgehead atoms. The number of halogens is 3. The zero-order valence-electron chi connectivity index (χ0n) is 16.2. The van der Waals surface area contributed by atoms with Crippen molar-refractivity contribution in [2.75, 3.05) is 13.1 Å². The number of unbranched alkanes of at least 4 members (excludes halogenated alkanes) is 1. The fraction of sp³-hybridized carbons (Fsp3) is 0.632. The first kappa shape index (κ1) is 23.7. The van der Waals surface area contributed by atoms with Crippen LogP contribution in [0.3, 0.4) is 0 Å². The topological polar surface area (TPSA) is 107 Å². The number of piperidine rings is 1. The predicted molar refractivity (Wildman–Crippen MR) is 103 cm³/mol. The molecule has 0 amide bonds. The molecule has 1 aromatic carbocycles. The average molecular weight is 416 g/mol. The van der Waals surface area contributed by atoms with E-state index >= 15 is 0 Å². The molecule has 2 rings (SSSR count). The maximum atomic E-state index is 12.7. The molecule has 0 aromatic heterocycles. The number of hydrogen-bond acceptors (Lipinski definition) is 5. The fourth-order valence-corrected chi connectivity index (χ4v) is 3.89. The van der Waals surface area contributed by atoms with Crippen LogP contribution < -0.4 is 5.73 Å². The quantitative estimate of drug-likeness (QED) is 0.364. The molecule has 5 N–H and O–H groups in total. The zero-order valence-corrected chi connectivity index (χ0v) is 16.2. The highest BCUT2D eigenvalue weighted by atomic mass is 19.4. The van der Waals surface area contributed by atoms with Gasteiger partial charge in [-0.1, -0.05) is 25.0 Å². The lowest BCUT2D eigenvalue weighted by Gasteiger charge is -2.40. The smallest absolute Gasteiger partial charge is 0.451 e. The van der Waals surface area contributed by atoms with Crippen molar-refractivity contribution in [1.29, 1.82) is 0 Å². The van der Waals surface area contributed by atoms with Gasteiger partial charge in [-0.2, -0.15) is 13.2 Å². The van der Waals surface area contributed by atoms with E-state index in [0.29, 0.717) is 45.3 Å². The molecule has 1 unspecified atom stereocenters. The van der Waals surface area contributed by atoms with Gasteiger partial charge in [-0.05, 0) is 62.3 Å². The summed E-state index contributed by atoms with van der Waals surface area (Å²) in [7, 11) is -1.40. The molecule has 1 aromatic rings. The molecule has 1 aliphatic rings. The lowest BCUT2D eigenvalue weighted by Crippen LogP contribution is -2.56. The molecule has 162 valence electrons. The van der Waals surface area contributed by atoms with Crippen molar-refractivity contribution in [2.45, 2.75) is 56.7 Å². The number of nitrogens with zero attached hydrogens (tertiary/aromatic N) is 1. The van der Waals surface area contributed by atoms with E-state index in [1.165, 1.54) is 12.1 Å². The summed E-state index contributed by atoms with van der Waals surface area (Å²) < 4.78 is 38.0. The minimum Gasteiger partial charge on any atom is -0.480 e. The molecule has 1 fully saturated rings. The summed E-state index contributed by atoms with van der Waals surface area (Å²) in [5.74, 6) is -1.26. The SMILES string of the molecule is NC(CCCCB(O)O)(C(=O)O)C1CCN(Cc2ccc(C(F)(F)F)cc2)CC1. The van der Waals surface area contributed by atoms with E-state index < -0.39 is 30.4 Å². The number of hydrogen-bond donors (Lipinski definition) is 4. The van der Waals surface area contributed by atoms with Crippen molar-refractivity contribution >= 4 is 13.1 Å². The molecule has 6 nitrogen and oxygen atoms in total. The molecule has 0 spiro atoms. The summed E-state index contributed by atoms with van der Waals surface area (Å²) in [5.41, 5.74) is 4.97. The van der Waals surface area contributed by atoms with Crippen LogP contribution in [0.25, 0.3) is 0 Å². The Balaban J connectivity index is 1.88. The van der Waals surface area contributed by atoms with Gasteiger partial charge in [0, 0.05) is 6.54 Å². The highest BCUT2D eigenvalue weighted by Crippen LogP contribution is 2.32. The summed E-state index contributed by atoms with van der Waals surface area (Å²) in [6.45, 7) is 1.74. The van der Waals surface area contributed by atoms with Crippen molar-refractivity contribution in [3.8, 4) is 0 Å². The van der Waals surface area contributed by atoms with Crippen LogP contribution in [-0.4, -0.2) is 51.8 Å². The summed E-state index contributed by atoms with van der Waals surface area (Å²) in [4.78, 5) is 13.9. The van der Waals surface area contributed by atoms with Gasteiger partial charge in [0.15, 0.2) is 0 Å². The van der Waals surface area contributed by atoms with Crippen molar-refractivity contribution in [3.05, 3.63) is 35.4 Å². The molecule has 1 saturated heterocycles. The van der Waals surface area contributed by atoms with Crippen LogP contribution in [0.4, 0.5) is 13.2 Å². The Kier molecular flexibility index (Phi) is 8.10. The van der Waals surface area contributed by atoms with Gasteiger partial charge in [-0.15, -0.1) is 0 Å². The number of likely N-dealkylation sites (tertiary alicyclic amines) is 1. The number of carboxylic acid groups (broad SMARTS) is 1. The Morgan fingerprint density at radius 3 is 2.21 bits per heavy atom. The maximum Gasteiger partial charge on any atom is 0.451 e. The summed E-state index contributed by atoms with van der Waals surface area (Å²) in [6.07, 6.45) is -1.76. The first-order valence-corrected chi connectivity index (χ1v) is 9.79. The molecule has 1 atom stereocenters. The molecule has 10 heteroatoms. The van der Waals surface area contributed by atoms with Gasteiger partial charge >= 0.3 is 19.3 Å². The first-order valence-electron chi connectivity index (χ1n) is 9.79. The number of carbonyl (C=O) groups is 1. The standard InChI is InChI=1S/C19H28BF3N2O4/c21-19(22,23)16-5-3-14(4-6-16)13-25-11-7-15(8-12-25)18(24,17(26)27)9-1-2-10-20(28)29/h3-6,15,28-29H,1-2,7-13,24H2,(H,26,27). The van der Waals surface area contributed by atoms with E-state index in [4.69, 9.17) is 15.8 Å². The van der Waals surface area contributed by atoms with Crippen molar-refractivity contribution in [2.24, 2.45) is 11.7 Å². The van der Waals surface area contributed by atoms with Gasteiger partial charge in [0.05, 0.1) is 5.56 Å². The third-order valence-corrected chi connectivity index (χ3v) is 5.70. The number of benzene rings is 1. The summed E-state index contributed by atoms with van der Waals surface area (Å²) in [5, 5.41) is 27.4. The third-order valence-electron chi connectivity index (χ3n) is 5.70. The molecule has 29 heavy (non-hydrogen) atoms. The maximum absolute atomic E-state index is 12.7. The van der Waals surface area contributed by atoms with Crippen LogP contribution in [0.5, 0.6) is 0 Å². The lowest BCUT2D eigenvalue weighted by molar-refractivity contribution is -0.147. The van der Waals surface area contributed by atoms with Gasteiger partial charge in [-0.25, -0.2) is 0 Å². The number of alkyl halides is 3. The summed E-state index contributed by atoms with van der Waals surface area (Å²) in [6, 6.07) is 5.07. The number of rotatable bonds is 9. The van der Waals surface area contributed by atoms with Crippen molar-refractivity contribution in [3.63, 3.8) is 0 Å². The van der Waals surface area contributed by atoms with Crippen LogP contribution in [0.15, 0.2) is 24.3 Å². The van der Waals surface area contributed by atoms with Crippen molar-refractivity contribution < 1.29 is 33.1 Å². The van der Waals surface area contributed by atoms with Gasteiger partial charge in [0.1, 0.15) is 5.54 Å². The lowest BCUT2D eigenvalue weighted by atomic mass is 9.74. The second-order valence-corrected chi connectivity index (χ2v) is 7.82. The average Bonchev–Trinajstić information content (AvgIpc) is 2.65. The molecular weight excluding hydrogens is 388 g/mol. The van der Waals surface area contributed by atoms with Crippen LogP contribution in [0.1, 0.15) is 43.2 Å². The Hall–Kier alpha value is -1.62. The molecule has 1 aliphatic heterocycles. The van der Waals surface area contributed by atoms with E-state index in [0.717, 1.165) is 17.7 Å². The van der Waals surface area contributed by atoms with Crippen LogP contribution >= 0.6 is 0 Å². The fourth-order valence-electron chi connectivity index (χ4n) is 3.89. The number of carboxylic acids is 1. The van der Waals surface area contributed by atoms with E-state index in [-0.39, 0.29) is 18.7 Å². The Bertz CT molecular complexity index is 664. The minimum absolute atomic E-state index is 0.182. The Morgan fingerprint density at radius 1 is 1.14 bits per heavy atom. The molecule has 1 heterocycles. The minimum atomic E-state index is -4.35.